The summed E-state index contributed by atoms with van der Waals surface area (Å²) in [5.74, 6) is -1.43. The van der Waals surface area contributed by atoms with Crippen LogP contribution in [0.3, 0.4) is 0 Å². The fraction of sp³-hybridized carbons (Fsp3) is 0.333. The Morgan fingerprint density at radius 2 is 2.00 bits per heavy atom. The maximum atomic E-state index is 12.5. The maximum absolute atomic E-state index is 12.5. The summed E-state index contributed by atoms with van der Waals surface area (Å²) in [6.07, 6.45) is 1.71. The van der Waals surface area contributed by atoms with Gasteiger partial charge in [-0.05, 0) is 25.3 Å². The summed E-state index contributed by atoms with van der Waals surface area (Å²) in [5.41, 5.74) is -0.00679. The molecule has 21 heavy (non-hydrogen) atoms. The maximum Gasteiger partial charge on any atom is 0.329 e. The monoisotopic (exact) mass is 306 g/mol. The number of benzene rings is 1. The number of aliphatic carboxylic acids is 1. The minimum atomic E-state index is -1.14. The molecule has 1 heterocycles. The van der Waals surface area contributed by atoms with E-state index in [1.807, 2.05) is 24.3 Å². The smallest absolute Gasteiger partial charge is 0.329 e. The number of fused-ring (bicyclic) bond motifs is 1. The Hall–Kier alpha value is -2.01. The minimum absolute atomic E-state index is 0.297. The molecule has 1 aliphatic carbocycles. The van der Waals surface area contributed by atoms with E-state index in [-0.39, 0.29) is 0 Å². The Kier molecular flexibility index (Phi) is 3.17. The van der Waals surface area contributed by atoms with E-state index in [0.717, 1.165) is 17.3 Å². The highest BCUT2D eigenvalue weighted by Gasteiger charge is 2.46. The SMILES string of the molecule is Cn1c(C(=O)NC2(C(=O)O)CCC2)c(Cl)c2ccccc21. The predicted octanol–water partition coefficient (Wildman–Crippen LogP) is 2.57. The highest BCUT2D eigenvalue weighted by Crippen LogP contribution is 2.34. The number of carbonyl (C=O) groups is 2. The Labute approximate surface area is 126 Å². The molecule has 1 aromatic carbocycles. The van der Waals surface area contributed by atoms with Gasteiger partial charge >= 0.3 is 5.97 Å². The first-order valence-corrected chi connectivity index (χ1v) is 7.13. The lowest BCUT2D eigenvalue weighted by atomic mass is 9.76. The summed E-state index contributed by atoms with van der Waals surface area (Å²) in [5, 5.41) is 13.1. The Morgan fingerprint density at radius 3 is 2.52 bits per heavy atom. The Bertz CT molecular complexity index is 708. The van der Waals surface area contributed by atoms with E-state index in [1.165, 1.54) is 0 Å². The van der Waals surface area contributed by atoms with Gasteiger partial charge in [0.25, 0.3) is 5.91 Å². The summed E-state index contributed by atoms with van der Waals surface area (Å²) in [4.78, 5) is 23.8. The largest absolute Gasteiger partial charge is 0.480 e. The second-order valence-electron chi connectivity index (χ2n) is 5.43. The first-order chi connectivity index (χ1) is 9.96. The van der Waals surface area contributed by atoms with Crippen molar-refractivity contribution in [3.8, 4) is 0 Å². The van der Waals surface area contributed by atoms with Gasteiger partial charge in [0, 0.05) is 18.0 Å². The van der Waals surface area contributed by atoms with Gasteiger partial charge < -0.3 is 15.0 Å². The molecule has 0 atom stereocenters. The van der Waals surface area contributed by atoms with Crippen molar-refractivity contribution >= 4 is 34.4 Å². The van der Waals surface area contributed by atoms with E-state index in [1.54, 1.807) is 11.6 Å². The van der Waals surface area contributed by atoms with Crippen molar-refractivity contribution in [2.75, 3.05) is 0 Å². The molecular weight excluding hydrogens is 292 g/mol. The van der Waals surface area contributed by atoms with E-state index in [9.17, 15) is 14.7 Å². The number of carboxylic acids is 1. The lowest BCUT2D eigenvalue weighted by Crippen LogP contribution is -2.59. The molecule has 2 aromatic rings. The van der Waals surface area contributed by atoms with E-state index in [2.05, 4.69) is 5.32 Å². The molecule has 1 fully saturated rings. The number of aryl methyl sites for hydroxylation is 1. The lowest BCUT2D eigenvalue weighted by molar-refractivity contribution is -0.148. The highest BCUT2D eigenvalue weighted by molar-refractivity contribution is 6.38. The average Bonchev–Trinajstić information content (AvgIpc) is 2.66. The van der Waals surface area contributed by atoms with Gasteiger partial charge in [-0.25, -0.2) is 4.79 Å². The van der Waals surface area contributed by atoms with Crippen LogP contribution in [-0.4, -0.2) is 27.1 Å². The third-order valence-electron chi connectivity index (χ3n) is 4.23. The molecule has 5 nitrogen and oxygen atoms in total. The molecule has 0 bridgehead atoms. The van der Waals surface area contributed by atoms with Crippen molar-refractivity contribution in [3.63, 3.8) is 0 Å². The van der Waals surface area contributed by atoms with E-state index in [0.29, 0.717) is 23.6 Å². The molecule has 0 aliphatic heterocycles. The third kappa shape index (κ3) is 2.00. The van der Waals surface area contributed by atoms with Gasteiger partial charge in [-0.1, -0.05) is 29.8 Å². The molecule has 110 valence electrons. The average molecular weight is 307 g/mol. The fourth-order valence-corrected chi connectivity index (χ4v) is 3.17. The molecule has 0 saturated heterocycles. The van der Waals surface area contributed by atoms with Gasteiger partial charge in [0.15, 0.2) is 0 Å². The van der Waals surface area contributed by atoms with E-state index in [4.69, 9.17) is 11.6 Å². The van der Waals surface area contributed by atoms with E-state index >= 15 is 0 Å². The zero-order valence-corrected chi connectivity index (χ0v) is 12.3. The van der Waals surface area contributed by atoms with Crippen LogP contribution < -0.4 is 5.32 Å². The van der Waals surface area contributed by atoms with Crippen molar-refractivity contribution in [2.24, 2.45) is 7.05 Å². The molecule has 2 N–H and O–H groups in total. The number of para-hydroxylation sites is 1. The molecule has 1 aliphatic rings. The molecule has 1 aromatic heterocycles. The lowest BCUT2D eigenvalue weighted by Gasteiger charge is -2.38. The summed E-state index contributed by atoms with van der Waals surface area (Å²) < 4.78 is 1.70. The van der Waals surface area contributed by atoms with Crippen molar-refractivity contribution in [2.45, 2.75) is 24.8 Å². The van der Waals surface area contributed by atoms with Crippen LogP contribution in [0.5, 0.6) is 0 Å². The second-order valence-corrected chi connectivity index (χ2v) is 5.81. The van der Waals surface area contributed by atoms with E-state index < -0.39 is 17.4 Å². The van der Waals surface area contributed by atoms with Crippen LogP contribution in [0.15, 0.2) is 24.3 Å². The molecule has 0 unspecified atom stereocenters. The van der Waals surface area contributed by atoms with Crippen LogP contribution >= 0.6 is 11.6 Å². The van der Waals surface area contributed by atoms with Gasteiger partial charge in [0.05, 0.1) is 5.02 Å². The van der Waals surface area contributed by atoms with Crippen LogP contribution in [0, 0.1) is 0 Å². The quantitative estimate of drug-likeness (QED) is 0.915. The van der Waals surface area contributed by atoms with Crippen molar-refractivity contribution in [1.29, 1.82) is 0 Å². The molecule has 1 saturated carbocycles. The van der Waals surface area contributed by atoms with Crippen LogP contribution in [-0.2, 0) is 11.8 Å². The number of carboxylic acid groups (broad SMARTS) is 1. The summed E-state index contributed by atoms with van der Waals surface area (Å²) in [6.45, 7) is 0. The number of aromatic nitrogens is 1. The molecule has 3 rings (SSSR count). The Balaban J connectivity index is 2.01. The van der Waals surface area contributed by atoms with Crippen molar-refractivity contribution < 1.29 is 14.7 Å². The highest BCUT2D eigenvalue weighted by atomic mass is 35.5. The number of carbonyl (C=O) groups excluding carboxylic acids is 1. The van der Waals surface area contributed by atoms with Gasteiger partial charge in [-0.2, -0.15) is 0 Å². The summed E-state index contributed by atoms with van der Waals surface area (Å²) in [6, 6.07) is 7.42. The van der Waals surface area contributed by atoms with Crippen LogP contribution in [0.25, 0.3) is 10.9 Å². The zero-order valence-electron chi connectivity index (χ0n) is 11.5. The number of rotatable bonds is 3. The first-order valence-electron chi connectivity index (χ1n) is 6.75. The van der Waals surface area contributed by atoms with Crippen molar-refractivity contribution in [1.82, 2.24) is 9.88 Å². The van der Waals surface area contributed by atoms with Crippen molar-refractivity contribution in [3.05, 3.63) is 35.0 Å². The number of hydrogen-bond donors (Lipinski definition) is 2. The predicted molar refractivity (Wildman–Crippen MR) is 79.6 cm³/mol. The number of halogens is 1. The van der Waals surface area contributed by atoms with Gasteiger partial charge in [0.1, 0.15) is 11.2 Å². The summed E-state index contributed by atoms with van der Waals surface area (Å²) in [7, 11) is 1.75. The van der Waals surface area contributed by atoms with Crippen LogP contribution in [0.1, 0.15) is 29.8 Å². The van der Waals surface area contributed by atoms with Gasteiger partial charge in [-0.3, -0.25) is 4.79 Å². The zero-order chi connectivity index (χ0) is 15.2. The number of amides is 1. The van der Waals surface area contributed by atoms with Crippen LogP contribution in [0.2, 0.25) is 5.02 Å². The fourth-order valence-electron chi connectivity index (χ4n) is 2.80. The number of hydrogen-bond acceptors (Lipinski definition) is 2. The second kappa shape index (κ2) is 4.77. The first kappa shape index (κ1) is 13.9. The molecule has 1 amide bonds. The van der Waals surface area contributed by atoms with Gasteiger partial charge in [-0.15, -0.1) is 0 Å². The number of nitrogens with zero attached hydrogens (tertiary/aromatic N) is 1. The van der Waals surface area contributed by atoms with Gasteiger partial charge in [0.2, 0.25) is 0 Å². The number of nitrogens with one attached hydrogen (secondary N) is 1. The third-order valence-corrected chi connectivity index (χ3v) is 4.61. The topological polar surface area (TPSA) is 71.3 Å². The minimum Gasteiger partial charge on any atom is -0.480 e. The molecular formula is C15H15ClN2O3. The molecule has 6 heteroatoms. The molecule has 0 radical (unpaired) electrons. The summed E-state index contributed by atoms with van der Waals surface area (Å²) >= 11 is 6.30. The molecule has 0 spiro atoms. The normalized spacial score (nSPS) is 16.5. The Morgan fingerprint density at radius 1 is 1.33 bits per heavy atom. The standard InChI is InChI=1S/C15H15ClN2O3/c1-18-10-6-3-2-5-9(10)11(16)12(18)13(19)17-15(14(20)21)7-4-8-15/h2-3,5-6H,4,7-8H2,1H3,(H,17,19)(H,20,21). The van der Waals surface area contributed by atoms with Crippen LogP contribution in [0.4, 0.5) is 0 Å².